The number of hydrogen-bond donors (Lipinski definition) is 1. The highest BCUT2D eigenvalue weighted by molar-refractivity contribution is 5.93. The molecule has 172 valence electrons. The molecule has 4 rings (SSSR count). The molecular formula is C23H33N7O2. The van der Waals surface area contributed by atoms with Crippen LogP contribution in [0, 0.1) is 13.8 Å². The van der Waals surface area contributed by atoms with E-state index in [1.165, 1.54) is 12.7 Å². The number of anilines is 3. The minimum Gasteiger partial charge on any atom is -0.381 e. The van der Waals surface area contributed by atoms with Crippen LogP contribution < -0.4 is 10.2 Å². The third kappa shape index (κ3) is 5.40. The fraction of sp³-hybridized carbons (Fsp3) is 0.522. The standard InChI is InChI=1S/C20H25N7O2.C3H8/c1-4-18(28)27(15-5-7-29-8-6-15)19-14(3)10-21-20(25-19)24-16-11-26-17(9-13(16)2)22-12-23-26;1-3-2/h9-12,15H,4-8H2,1-3H3,(H,21,24,25);3H2,1-2H3. The van der Waals surface area contributed by atoms with Gasteiger partial charge in [-0.15, -0.1) is 0 Å². The van der Waals surface area contributed by atoms with Crippen LogP contribution in [0.4, 0.5) is 17.5 Å². The molecule has 32 heavy (non-hydrogen) atoms. The van der Waals surface area contributed by atoms with Gasteiger partial charge < -0.3 is 10.1 Å². The van der Waals surface area contributed by atoms with Crippen molar-refractivity contribution < 1.29 is 9.53 Å². The summed E-state index contributed by atoms with van der Waals surface area (Å²) < 4.78 is 7.17. The second-order valence-corrected chi connectivity index (χ2v) is 7.93. The number of nitrogens with one attached hydrogen (secondary N) is 1. The molecule has 0 unspecified atom stereocenters. The van der Waals surface area contributed by atoms with Gasteiger partial charge in [0.1, 0.15) is 12.1 Å². The van der Waals surface area contributed by atoms with E-state index in [1.54, 1.807) is 10.7 Å². The maximum Gasteiger partial charge on any atom is 0.229 e. The number of aryl methyl sites for hydroxylation is 2. The molecule has 0 spiro atoms. The van der Waals surface area contributed by atoms with Crippen molar-refractivity contribution in [3.8, 4) is 0 Å². The lowest BCUT2D eigenvalue weighted by atomic mass is 10.1. The van der Waals surface area contributed by atoms with Gasteiger partial charge in [-0.05, 0) is 38.3 Å². The number of pyridine rings is 1. The molecule has 1 N–H and O–H groups in total. The SMILES string of the molecule is CCC.CCC(=O)N(c1nc(Nc2cn3ncnc3cc2C)ncc1C)C1CCOCC1. The molecular weight excluding hydrogens is 406 g/mol. The predicted octanol–water partition coefficient (Wildman–Crippen LogP) is 4.22. The molecule has 0 saturated carbocycles. The van der Waals surface area contributed by atoms with Gasteiger partial charge in [0.15, 0.2) is 5.65 Å². The fourth-order valence-corrected chi connectivity index (χ4v) is 3.55. The van der Waals surface area contributed by atoms with Crippen LogP contribution in [-0.2, 0) is 9.53 Å². The lowest BCUT2D eigenvalue weighted by Crippen LogP contribution is -2.44. The smallest absolute Gasteiger partial charge is 0.229 e. The summed E-state index contributed by atoms with van der Waals surface area (Å²) in [5, 5.41) is 7.44. The first kappa shape index (κ1) is 23.6. The highest BCUT2D eigenvalue weighted by atomic mass is 16.5. The molecule has 9 heteroatoms. The number of carbonyl (C=O) groups excluding carboxylic acids is 1. The Bertz CT molecular complexity index is 1040. The van der Waals surface area contributed by atoms with Crippen LogP contribution in [0.15, 0.2) is 24.8 Å². The number of aromatic nitrogens is 5. The normalized spacial score (nSPS) is 14.0. The molecule has 0 bridgehead atoms. The summed E-state index contributed by atoms with van der Waals surface area (Å²) in [7, 11) is 0. The number of fused-ring (bicyclic) bond motifs is 1. The Kier molecular flexibility index (Phi) is 8.10. The predicted molar refractivity (Wildman–Crippen MR) is 125 cm³/mol. The van der Waals surface area contributed by atoms with Crippen molar-refractivity contribution in [2.75, 3.05) is 23.4 Å². The monoisotopic (exact) mass is 439 g/mol. The van der Waals surface area contributed by atoms with Gasteiger partial charge in [0.2, 0.25) is 11.9 Å². The van der Waals surface area contributed by atoms with E-state index in [2.05, 4.69) is 34.2 Å². The van der Waals surface area contributed by atoms with E-state index in [0.29, 0.717) is 31.4 Å². The first-order valence-electron chi connectivity index (χ1n) is 11.3. The highest BCUT2D eigenvalue weighted by Crippen LogP contribution is 2.27. The number of hydrogen-bond acceptors (Lipinski definition) is 7. The van der Waals surface area contributed by atoms with Crippen molar-refractivity contribution in [1.29, 1.82) is 0 Å². The molecule has 1 amide bonds. The van der Waals surface area contributed by atoms with Crippen molar-refractivity contribution in [1.82, 2.24) is 24.6 Å². The number of carbonyl (C=O) groups is 1. The highest BCUT2D eigenvalue weighted by Gasteiger charge is 2.28. The summed E-state index contributed by atoms with van der Waals surface area (Å²) >= 11 is 0. The van der Waals surface area contributed by atoms with Crippen LogP contribution in [0.1, 0.15) is 57.6 Å². The first-order chi connectivity index (χ1) is 15.5. The van der Waals surface area contributed by atoms with Gasteiger partial charge in [-0.1, -0.05) is 27.2 Å². The molecule has 1 aliphatic heterocycles. The van der Waals surface area contributed by atoms with Crippen molar-refractivity contribution >= 4 is 29.0 Å². The second kappa shape index (κ2) is 11.0. The van der Waals surface area contributed by atoms with E-state index in [-0.39, 0.29) is 11.9 Å². The molecule has 1 aliphatic rings. The Morgan fingerprint density at radius 3 is 2.59 bits per heavy atom. The average molecular weight is 440 g/mol. The minimum atomic E-state index is 0.0601. The third-order valence-electron chi connectivity index (χ3n) is 5.17. The second-order valence-electron chi connectivity index (χ2n) is 7.93. The number of nitrogens with zero attached hydrogens (tertiary/aromatic N) is 6. The van der Waals surface area contributed by atoms with Crippen molar-refractivity contribution in [3.05, 3.63) is 35.9 Å². The number of amides is 1. The van der Waals surface area contributed by atoms with Crippen LogP contribution in [0.2, 0.25) is 0 Å². The zero-order valence-corrected chi connectivity index (χ0v) is 19.6. The molecule has 9 nitrogen and oxygen atoms in total. The largest absolute Gasteiger partial charge is 0.381 e. The quantitative estimate of drug-likeness (QED) is 0.636. The van der Waals surface area contributed by atoms with Gasteiger partial charge in [-0.2, -0.15) is 10.1 Å². The summed E-state index contributed by atoms with van der Waals surface area (Å²) in [5.41, 5.74) is 3.48. The number of ether oxygens (including phenoxy) is 1. The summed E-state index contributed by atoms with van der Waals surface area (Å²) in [4.78, 5) is 28.0. The topological polar surface area (TPSA) is 97.5 Å². The third-order valence-corrected chi connectivity index (χ3v) is 5.17. The van der Waals surface area contributed by atoms with Crippen LogP contribution in [0.3, 0.4) is 0 Å². The van der Waals surface area contributed by atoms with Crippen LogP contribution in [0.5, 0.6) is 0 Å². The van der Waals surface area contributed by atoms with Gasteiger partial charge in [0.25, 0.3) is 0 Å². The Morgan fingerprint density at radius 1 is 1.19 bits per heavy atom. The van der Waals surface area contributed by atoms with Gasteiger partial charge >= 0.3 is 0 Å². The molecule has 1 saturated heterocycles. The van der Waals surface area contributed by atoms with Gasteiger partial charge in [0, 0.05) is 37.4 Å². The Balaban J connectivity index is 0.000000913. The van der Waals surface area contributed by atoms with Crippen molar-refractivity contribution in [3.63, 3.8) is 0 Å². The average Bonchev–Trinajstić information content (AvgIpc) is 3.24. The van der Waals surface area contributed by atoms with Crippen LogP contribution >= 0.6 is 0 Å². The van der Waals surface area contributed by atoms with E-state index >= 15 is 0 Å². The molecule has 0 atom stereocenters. The lowest BCUT2D eigenvalue weighted by Gasteiger charge is -2.34. The maximum absolute atomic E-state index is 12.8. The van der Waals surface area contributed by atoms with Crippen LogP contribution in [-0.4, -0.2) is 49.7 Å². The van der Waals surface area contributed by atoms with Gasteiger partial charge in [-0.25, -0.2) is 14.5 Å². The maximum atomic E-state index is 12.8. The lowest BCUT2D eigenvalue weighted by molar-refractivity contribution is -0.119. The fourth-order valence-electron chi connectivity index (χ4n) is 3.55. The van der Waals surface area contributed by atoms with E-state index in [0.717, 1.165) is 35.3 Å². The Morgan fingerprint density at radius 2 is 1.91 bits per heavy atom. The van der Waals surface area contributed by atoms with E-state index in [9.17, 15) is 4.79 Å². The summed E-state index contributed by atoms with van der Waals surface area (Å²) in [6, 6.07) is 2.03. The molecule has 3 aromatic rings. The summed E-state index contributed by atoms with van der Waals surface area (Å²) in [6.07, 6.45) is 8.41. The van der Waals surface area contributed by atoms with E-state index in [1.807, 2.05) is 37.9 Å². The van der Waals surface area contributed by atoms with Gasteiger partial charge in [-0.3, -0.25) is 9.69 Å². The van der Waals surface area contributed by atoms with Crippen LogP contribution in [0.25, 0.3) is 5.65 Å². The molecule has 0 radical (unpaired) electrons. The minimum absolute atomic E-state index is 0.0601. The Labute approximate surface area is 189 Å². The van der Waals surface area contributed by atoms with E-state index in [4.69, 9.17) is 9.72 Å². The van der Waals surface area contributed by atoms with Crippen molar-refractivity contribution in [2.24, 2.45) is 0 Å². The van der Waals surface area contributed by atoms with Gasteiger partial charge in [0.05, 0.1) is 11.9 Å². The molecule has 4 heterocycles. The number of rotatable bonds is 5. The summed E-state index contributed by atoms with van der Waals surface area (Å²) in [5.74, 6) is 1.15. The molecule has 0 aliphatic carbocycles. The first-order valence-corrected chi connectivity index (χ1v) is 11.3. The summed E-state index contributed by atoms with van der Waals surface area (Å²) in [6.45, 7) is 11.4. The molecule has 0 aromatic carbocycles. The molecule has 1 fully saturated rings. The zero-order valence-electron chi connectivity index (χ0n) is 19.6. The Hall–Kier alpha value is -3.07. The van der Waals surface area contributed by atoms with Crippen molar-refractivity contribution in [2.45, 2.75) is 66.3 Å². The zero-order chi connectivity index (χ0) is 23.1. The molecule has 3 aromatic heterocycles. The van der Waals surface area contributed by atoms with E-state index < -0.39 is 0 Å².